The zero-order valence-corrected chi connectivity index (χ0v) is 12.4. The number of nitro benzene ring substituents is 1. The summed E-state index contributed by atoms with van der Waals surface area (Å²) in [5.41, 5.74) is 1.17. The van der Waals surface area contributed by atoms with Crippen LogP contribution in [-0.2, 0) is 11.3 Å². The summed E-state index contributed by atoms with van der Waals surface area (Å²) in [6.45, 7) is 0.0815. The van der Waals surface area contributed by atoms with Crippen LogP contribution in [0.15, 0.2) is 18.2 Å². The Morgan fingerprint density at radius 2 is 2.00 bits per heavy atom. The second kappa shape index (κ2) is 5.39. The van der Waals surface area contributed by atoms with Gasteiger partial charge in [0.25, 0.3) is 5.69 Å². The Morgan fingerprint density at radius 3 is 2.52 bits per heavy atom. The highest BCUT2D eigenvalue weighted by atomic mass is 16.6. The molecular formula is C13H17N5O3. The van der Waals surface area contributed by atoms with E-state index in [1.807, 2.05) is 14.1 Å². The van der Waals surface area contributed by atoms with Gasteiger partial charge in [0.1, 0.15) is 6.54 Å². The van der Waals surface area contributed by atoms with Gasteiger partial charge >= 0.3 is 0 Å². The number of amides is 1. The number of carbonyl (C=O) groups is 1. The molecule has 0 aliphatic heterocycles. The molecule has 1 aromatic heterocycles. The highest BCUT2D eigenvalue weighted by molar-refractivity contribution is 5.84. The minimum atomic E-state index is -0.458. The quantitative estimate of drug-likeness (QED) is 0.622. The molecule has 0 saturated heterocycles. The highest BCUT2D eigenvalue weighted by Gasteiger charge is 2.18. The monoisotopic (exact) mass is 291 g/mol. The van der Waals surface area contributed by atoms with Crippen LogP contribution in [0.25, 0.3) is 11.0 Å². The standard InChI is InChI=1S/C13H17N5O3/c1-15(2)12(19)8-17-11-7-9(18(20)21)5-6-10(11)14-13(17)16(3)4/h5-7H,8H2,1-4H3. The molecule has 0 N–H and O–H groups in total. The molecule has 1 aromatic carbocycles. The van der Waals surface area contributed by atoms with Gasteiger partial charge in [-0.2, -0.15) is 0 Å². The van der Waals surface area contributed by atoms with Crippen LogP contribution in [0.2, 0.25) is 0 Å². The number of imidazole rings is 1. The SMILES string of the molecule is CN(C)C(=O)Cn1c(N(C)C)nc2ccc([N+](=O)[O-])cc21. The van der Waals surface area contributed by atoms with E-state index in [1.165, 1.54) is 17.0 Å². The zero-order chi connectivity index (χ0) is 15.7. The molecule has 1 heterocycles. The molecule has 0 radical (unpaired) electrons. The summed E-state index contributed by atoms with van der Waals surface area (Å²) in [4.78, 5) is 30.1. The van der Waals surface area contributed by atoms with Gasteiger partial charge in [-0.15, -0.1) is 0 Å². The number of aromatic nitrogens is 2. The molecular weight excluding hydrogens is 274 g/mol. The maximum absolute atomic E-state index is 12.0. The lowest BCUT2D eigenvalue weighted by atomic mass is 10.3. The number of non-ortho nitro benzene ring substituents is 1. The summed E-state index contributed by atoms with van der Waals surface area (Å²) < 4.78 is 1.69. The topological polar surface area (TPSA) is 84.5 Å². The van der Waals surface area contributed by atoms with E-state index in [2.05, 4.69) is 4.98 Å². The minimum absolute atomic E-state index is 0.0220. The van der Waals surface area contributed by atoms with E-state index in [0.717, 1.165) is 0 Å². The van der Waals surface area contributed by atoms with Crippen molar-refractivity contribution in [1.82, 2.24) is 14.5 Å². The van der Waals surface area contributed by atoms with Crippen molar-refractivity contribution >= 4 is 28.6 Å². The number of nitrogens with zero attached hydrogens (tertiary/aromatic N) is 5. The lowest BCUT2D eigenvalue weighted by Crippen LogP contribution is -2.27. The maximum Gasteiger partial charge on any atom is 0.271 e. The third-order valence-electron chi connectivity index (χ3n) is 3.11. The summed E-state index contributed by atoms with van der Waals surface area (Å²) in [7, 11) is 6.96. The van der Waals surface area contributed by atoms with Gasteiger partial charge in [0.05, 0.1) is 16.0 Å². The molecule has 0 aliphatic rings. The van der Waals surface area contributed by atoms with Crippen molar-refractivity contribution in [2.45, 2.75) is 6.54 Å². The van der Waals surface area contributed by atoms with Crippen LogP contribution in [-0.4, -0.2) is 53.5 Å². The van der Waals surface area contributed by atoms with Crippen LogP contribution < -0.4 is 4.90 Å². The minimum Gasteiger partial charge on any atom is -0.348 e. The number of anilines is 1. The average molecular weight is 291 g/mol. The van der Waals surface area contributed by atoms with E-state index in [9.17, 15) is 14.9 Å². The molecule has 0 atom stereocenters. The van der Waals surface area contributed by atoms with Gasteiger partial charge in [0.15, 0.2) is 0 Å². The van der Waals surface area contributed by atoms with Crippen LogP contribution in [0.3, 0.4) is 0 Å². The summed E-state index contributed by atoms with van der Waals surface area (Å²) in [6.07, 6.45) is 0. The largest absolute Gasteiger partial charge is 0.348 e. The highest BCUT2D eigenvalue weighted by Crippen LogP contribution is 2.25. The molecule has 2 aromatic rings. The molecule has 8 heteroatoms. The fourth-order valence-electron chi connectivity index (χ4n) is 1.99. The summed E-state index contributed by atoms with van der Waals surface area (Å²) >= 11 is 0. The van der Waals surface area contributed by atoms with Crippen molar-refractivity contribution < 1.29 is 9.72 Å². The Balaban J connectivity index is 2.61. The van der Waals surface area contributed by atoms with E-state index < -0.39 is 4.92 Å². The number of rotatable bonds is 4. The number of benzene rings is 1. The Labute approximate surface area is 121 Å². The Hall–Kier alpha value is -2.64. The van der Waals surface area contributed by atoms with Crippen LogP contribution in [0.5, 0.6) is 0 Å². The van der Waals surface area contributed by atoms with Crippen molar-refractivity contribution in [2.24, 2.45) is 0 Å². The zero-order valence-electron chi connectivity index (χ0n) is 12.4. The lowest BCUT2D eigenvalue weighted by molar-refractivity contribution is -0.384. The predicted molar refractivity (Wildman–Crippen MR) is 79.4 cm³/mol. The smallest absolute Gasteiger partial charge is 0.271 e. The molecule has 21 heavy (non-hydrogen) atoms. The number of likely N-dealkylation sites (N-methyl/N-ethyl adjacent to an activating group) is 1. The summed E-state index contributed by atoms with van der Waals surface area (Å²) in [6, 6.07) is 4.45. The van der Waals surface area contributed by atoms with Crippen LogP contribution in [0, 0.1) is 10.1 Å². The van der Waals surface area contributed by atoms with E-state index in [0.29, 0.717) is 17.0 Å². The van der Waals surface area contributed by atoms with Crippen molar-refractivity contribution in [3.05, 3.63) is 28.3 Å². The fraction of sp³-hybridized carbons (Fsp3) is 0.385. The number of carbonyl (C=O) groups excluding carboxylic acids is 1. The first kappa shape index (κ1) is 14.8. The van der Waals surface area contributed by atoms with Crippen LogP contribution >= 0.6 is 0 Å². The van der Waals surface area contributed by atoms with Crippen molar-refractivity contribution in [2.75, 3.05) is 33.1 Å². The Kier molecular flexibility index (Phi) is 3.79. The maximum atomic E-state index is 12.0. The summed E-state index contributed by atoms with van der Waals surface area (Å²) in [5, 5.41) is 10.9. The van der Waals surface area contributed by atoms with Gasteiger partial charge in [0.2, 0.25) is 11.9 Å². The molecule has 0 spiro atoms. The molecule has 0 bridgehead atoms. The molecule has 112 valence electrons. The molecule has 1 amide bonds. The third kappa shape index (κ3) is 2.78. The van der Waals surface area contributed by atoms with Gasteiger partial charge in [-0.05, 0) is 6.07 Å². The lowest BCUT2D eigenvalue weighted by Gasteiger charge is -2.16. The van der Waals surface area contributed by atoms with E-state index in [-0.39, 0.29) is 18.1 Å². The normalized spacial score (nSPS) is 10.7. The second-order valence-corrected chi connectivity index (χ2v) is 5.11. The number of hydrogen-bond acceptors (Lipinski definition) is 5. The summed E-state index contributed by atoms with van der Waals surface area (Å²) in [5.74, 6) is 0.476. The average Bonchev–Trinajstić information content (AvgIpc) is 2.76. The molecule has 0 saturated carbocycles. The van der Waals surface area contributed by atoms with E-state index in [1.54, 1.807) is 29.6 Å². The Morgan fingerprint density at radius 1 is 1.33 bits per heavy atom. The first-order valence-electron chi connectivity index (χ1n) is 6.33. The van der Waals surface area contributed by atoms with E-state index >= 15 is 0 Å². The van der Waals surface area contributed by atoms with E-state index in [4.69, 9.17) is 0 Å². The molecule has 8 nitrogen and oxygen atoms in total. The third-order valence-corrected chi connectivity index (χ3v) is 3.11. The van der Waals surface area contributed by atoms with Crippen molar-refractivity contribution in [3.8, 4) is 0 Å². The molecule has 2 rings (SSSR count). The first-order valence-corrected chi connectivity index (χ1v) is 6.33. The fourth-order valence-corrected chi connectivity index (χ4v) is 1.99. The number of fused-ring (bicyclic) bond motifs is 1. The van der Waals surface area contributed by atoms with Gasteiger partial charge < -0.3 is 14.4 Å². The van der Waals surface area contributed by atoms with Gasteiger partial charge in [0, 0.05) is 40.3 Å². The molecule has 0 unspecified atom stereocenters. The Bertz CT molecular complexity index is 705. The van der Waals surface area contributed by atoms with Crippen molar-refractivity contribution in [3.63, 3.8) is 0 Å². The first-order chi connectivity index (χ1) is 9.81. The predicted octanol–water partition coefficient (Wildman–Crippen LogP) is 1.10. The van der Waals surface area contributed by atoms with Crippen LogP contribution in [0.1, 0.15) is 0 Å². The van der Waals surface area contributed by atoms with Gasteiger partial charge in [-0.1, -0.05) is 0 Å². The van der Waals surface area contributed by atoms with Gasteiger partial charge in [-0.3, -0.25) is 14.9 Å². The van der Waals surface area contributed by atoms with Crippen molar-refractivity contribution in [1.29, 1.82) is 0 Å². The molecule has 0 fully saturated rings. The molecule has 0 aliphatic carbocycles. The number of nitro groups is 1. The van der Waals surface area contributed by atoms with Gasteiger partial charge in [-0.25, -0.2) is 4.98 Å². The van der Waals surface area contributed by atoms with Crippen LogP contribution in [0.4, 0.5) is 11.6 Å². The second-order valence-electron chi connectivity index (χ2n) is 5.11. The number of hydrogen-bond donors (Lipinski definition) is 0.